The summed E-state index contributed by atoms with van der Waals surface area (Å²) in [6.45, 7) is 0. The van der Waals surface area contributed by atoms with Gasteiger partial charge < -0.3 is 4.98 Å². The number of nitrogens with zero attached hydrogens (tertiary/aromatic N) is 1. The molecule has 0 saturated heterocycles. The van der Waals surface area contributed by atoms with Crippen LogP contribution in [0.25, 0.3) is 11.0 Å². The third-order valence-electron chi connectivity index (χ3n) is 3.99. The molecule has 0 aliphatic carbocycles. The Morgan fingerprint density at radius 1 is 0.826 bits per heavy atom. The fraction of sp³-hybridized carbons (Fsp3) is 0.316. The average Bonchev–Trinajstić information content (AvgIpc) is 2.92. The largest absolute Gasteiger partial charge is 0.342 e. The van der Waals surface area contributed by atoms with Gasteiger partial charge in [-0.25, -0.2) is 4.98 Å². The van der Waals surface area contributed by atoms with Crippen molar-refractivity contribution in [2.75, 3.05) is 0 Å². The lowest BCUT2D eigenvalue weighted by molar-refractivity contribution is 0.632. The Labute approximate surface area is 146 Å². The highest BCUT2D eigenvalue weighted by molar-refractivity contribution is 6.34. The van der Waals surface area contributed by atoms with Gasteiger partial charge in [0.15, 0.2) is 0 Å². The summed E-state index contributed by atoms with van der Waals surface area (Å²) in [6, 6.07) is 14.0. The molecule has 0 radical (unpaired) electrons. The van der Waals surface area contributed by atoms with Crippen molar-refractivity contribution in [3.05, 3.63) is 63.9 Å². The minimum absolute atomic E-state index is 0.720. The Morgan fingerprint density at radius 2 is 1.52 bits per heavy atom. The molecule has 0 bridgehead atoms. The van der Waals surface area contributed by atoms with E-state index in [1.807, 2.05) is 30.3 Å². The summed E-state index contributed by atoms with van der Waals surface area (Å²) in [4.78, 5) is 8.00. The van der Waals surface area contributed by atoms with Crippen molar-refractivity contribution in [3.63, 3.8) is 0 Å². The lowest BCUT2D eigenvalue weighted by atomic mass is 10.1. The molecule has 4 heteroatoms. The number of aromatic amines is 1. The summed E-state index contributed by atoms with van der Waals surface area (Å²) in [7, 11) is 0. The molecule has 0 unspecified atom stereocenters. The molecule has 0 spiro atoms. The Morgan fingerprint density at radius 3 is 2.26 bits per heavy atom. The zero-order valence-corrected chi connectivity index (χ0v) is 14.5. The number of aromatic nitrogens is 2. The number of unbranched alkanes of at least 4 members (excludes halogenated alkanes) is 3. The van der Waals surface area contributed by atoms with Crippen molar-refractivity contribution in [2.24, 2.45) is 0 Å². The van der Waals surface area contributed by atoms with E-state index in [1.54, 1.807) is 6.07 Å². The first-order valence-corrected chi connectivity index (χ1v) is 8.85. The molecule has 1 heterocycles. The van der Waals surface area contributed by atoms with Crippen LogP contribution in [0.4, 0.5) is 0 Å². The number of halogens is 2. The number of nitrogens with one attached hydrogen (secondary N) is 1. The maximum Gasteiger partial charge on any atom is 0.107 e. The summed E-state index contributed by atoms with van der Waals surface area (Å²) in [6.07, 6.45) is 6.80. The van der Waals surface area contributed by atoms with Crippen molar-refractivity contribution in [2.45, 2.75) is 38.5 Å². The molecule has 3 rings (SSSR count). The number of hydrogen-bond acceptors (Lipinski definition) is 1. The second-order valence-corrected chi connectivity index (χ2v) is 6.77. The molecule has 0 fully saturated rings. The molecule has 1 aromatic heterocycles. The van der Waals surface area contributed by atoms with E-state index >= 15 is 0 Å². The van der Waals surface area contributed by atoms with Crippen LogP contribution in [-0.4, -0.2) is 9.97 Å². The van der Waals surface area contributed by atoms with Crippen LogP contribution in [0.2, 0.25) is 10.0 Å². The first-order valence-electron chi connectivity index (χ1n) is 8.09. The molecule has 3 aromatic rings. The van der Waals surface area contributed by atoms with E-state index in [9.17, 15) is 0 Å². The normalized spacial score (nSPS) is 11.2. The summed E-state index contributed by atoms with van der Waals surface area (Å²) in [5.41, 5.74) is 3.40. The molecule has 0 aliphatic heterocycles. The molecule has 1 N–H and O–H groups in total. The SMILES string of the molecule is Clc1cc(Cl)cc(CCCCCCc2nc3ccccc3[nH]2)c1. The van der Waals surface area contributed by atoms with E-state index in [0.717, 1.165) is 52.6 Å². The second kappa shape index (κ2) is 7.85. The molecule has 0 amide bonds. The topological polar surface area (TPSA) is 28.7 Å². The maximum atomic E-state index is 6.02. The van der Waals surface area contributed by atoms with Gasteiger partial charge in [-0.05, 0) is 55.2 Å². The molecule has 120 valence electrons. The van der Waals surface area contributed by atoms with E-state index in [2.05, 4.69) is 16.0 Å². The van der Waals surface area contributed by atoms with Gasteiger partial charge >= 0.3 is 0 Å². The highest BCUT2D eigenvalue weighted by atomic mass is 35.5. The van der Waals surface area contributed by atoms with Crippen molar-refractivity contribution in [1.82, 2.24) is 9.97 Å². The Balaban J connectivity index is 1.38. The van der Waals surface area contributed by atoms with Crippen LogP contribution in [0.3, 0.4) is 0 Å². The highest BCUT2D eigenvalue weighted by Crippen LogP contribution is 2.20. The van der Waals surface area contributed by atoms with E-state index in [4.69, 9.17) is 23.2 Å². The molecular weight excluding hydrogens is 327 g/mol. The van der Waals surface area contributed by atoms with Crippen molar-refractivity contribution in [1.29, 1.82) is 0 Å². The Hall–Kier alpha value is -1.51. The number of hydrogen-bond donors (Lipinski definition) is 1. The number of H-pyrrole nitrogens is 1. The monoisotopic (exact) mass is 346 g/mol. The van der Waals surface area contributed by atoms with Gasteiger partial charge in [0.1, 0.15) is 5.82 Å². The van der Waals surface area contributed by atoms with Gasteiger partial charge in [-0.2, -0.15) is 0 Å². The van der Waals surface area contributed by atoms with Crippen LogP contribution in [0.5, 0.6) is 0 Å². The summed E-state index contributed by atoms with van der Waals surface area (Å²) in [5, 5.41) is 1.44. The zero-order valence-electron chi connectivity index (χ0n) is 13.0. The third kappa shape index (κ3) is 4.73. The van der Waals surface area contributed by atoms with Crippen LogP contribution in [0, 0.1) is 0 Å². The lowest BCUT2D eigenvalue weighted by Crippen LogP contribution is -1.90. The zero-order chi connectivity index (χ0) is 16.1. The fourth-order valence-corrected chi connectivity index (χ4v) is 3.43. The van der Waals surface area contributed by atoms with Crippen LogP contribution >= 0.6 is 23.2 Å². The number of aryl methyl sites for hydroxylation is 2. The van der Waals surface area contributed by atoms with Gasteiger partial charge in [0.25, 0.3) is 0 Å². The fourth-order valence-electron chi connectivity index (χ4n) is 2.85. The molecule has 23 heavy (non-hydrogen) atoms. The van der Waals surface area contributed by atoms with E-state index in [-0.39, 0.29) is 0 Å². The van der Waals surface area contributed by atoms with Crippen LogP contribution < -0.4 is 0 Å². The Bertz CT molecular complexity index is 727. The number of benzene rings is 2. The molecule has 2 aromatic carbocycles. The minimum atomic E-state index is 0.720. The first-order chi connectivity index (χ1) is 11.2. The van der Waals surface area contributed by atoms with Crippen molar-refractivity contribution < 1.29 is 0 Å². The van der Waals surface area contributed by atoms with Crippen LogP contribution in [0.1, 0.15) is 37.1 Å². The molecular formula is C19H20Cl2N2. The van der Waals surface area contributed by atoms with Crippen LogP contribution in [-0.2, 0) is 12.8 Å². The number of rotatable bonds is 7. The van der Waals surface area contributed by atoms with Gasteiger partial charge in [0.2, 0.25) is 0 Å². The molecule has 0 atom stereocenters. The van der Waals surface area contributed by atoms with Gasteiger partial charge in [-0.3, -0.25) is 0 Å². The van der Waals surface area contributed by atoms with Gasteiger partial charge in [0.05, 0.1) is 11.0 Å². The van der Waals surface area contributed by atoms with E-state index in [0.29, 0.717) is 0 Å². The quantitative estimate of drug-likeness (QED) is 0.505. The number of imidazole rings is 1. The van der Waals surface area contributed by atoms with Crippen molar-refractivity contribution >= 4 is 34.2 Å². The van der Waals surface area contributed by atoms with Crippen molar-refractivity contribution in [3.8, 4) is 0 Å². The van der Waals surface area contributed by atoms with Gasteiger partial charge in [-0.1, -0.05) is 48.2 Å². The molecule has 0 aliphatic rings. The standard InChI is InChI=1S/C19H20Cl2N2/c20-15-11-14(12-16(21)13-15)7-3-1-2-4-10-19-22-17-8-5-6-9-18(17)23-19/h5-6,8-9,11-13H,1-4,7,10H2,(H,22,23). The van der Waals surface area contributed by atoms with E-state index < -0.39 is 0 Å². The predicted octanol–water partition coefficient (Wildman–Crippen LogP) is 6.22. The molecule has 2 nitrogen and oxygen atoms in total. The third-order valence-corrected chi connectivity index (χ3v) is 4.43. The first kappa shape index (κ1) is 16.4. The Kier molecular flexibility index (Phi) is 5.58. The highest BCUT2D eigenvalue weighted by Gasteiger charge is 2.02. The van der Waals surface area contributed by atoms with Gasteiger partial charge in [-0.15, -0.1) is 0 Å². The average molecular weight is 347 g/mol. The number of para-hydroxylation sites is 2. The minimum Gasteiger partial charge on any atom is -0.342 e. The predicted molar refractivity (Wildman–Crippen MR) is 98.4 cm³/mol. The maximum absolute atomic E-state index is 6.02. The van der Waals surface area contributed by atoms with E-state index in [1.165, 1.54) is 18.4 Å². The summed E-state index contributed by atoms with van der Waals surface area (Å²) >= 11 is 12.0. The van der Waals surface area contributed by atoms with Crippen LogP contribution in [0.15, 0.2) is 42.5 Å². The van der Waals surface area contributed by atoms with Gasteiger partial charge in [0, 0.05) is 16.5 Å². The summed E-state index contributed by atoms with van der Waals surface area (Å²) in [5.74, 6) is 1.09. The summed E-state index contributed by atoms with van der Waals surface area (Å²) < 4.78 is 0. The smallest absolute Gasteiger partial charge is 0.107 e. The number of fused-ring (bicyclic) bond motifs is 1. The lowest BCUT2D eigenvalue weighted by Gasteiger charge is -2.03. The second-order valence-electron chi connectivity index (χ2n) is 5.89. The molecule has 0 saturated carbocycles.